The van der Waals surface area contributed by atoms with Crippen molar-refractivity contribution in [2.75, 3.05) is 6.54 Å². The maximum atomic E-state index is 8.78. The smallest absolute Gasteiger partial charge is 0.0992 e. The molecule has 0 radical (unpaired) electrons. The van der Waals surface area contributed by atoms with Crippen LogP contribution in [0.2, 0.25) is 5.02 Å². The molecule has 1 aromatic carbocycles. The minimum Gasteiger partial charge on any atom is -0.313 e. The van der Waals surface area contributed by atoms with Crippen molar-refractivity contribution in [1.82, 2.24) is 5.32 Å². The van der Waals surface area contributed by atoms with Gasteiger partial charge in [0, 0.05) is 11.6 Å². The van der Waals surface area contributed by atoms with Gasteiger partial charge in [-0.05, 0) is 36.6 Å². The molecule has 110 valence electrons. The average molecular weight is 293 g/mol. The van der Waals surface area contributed by atoms with Crippen molar-refractivity contribution in [3.8, 4) is 6.07 Å². The summed E-state index contributed by atoms with van der Waals surface area (Å²) >= 11 is 6.13. The summed E-state index contributed by atoms with van der Waals surface area (Å²) in [6.45, 7) is 6.36. The third kappa shape index (κ3) is 6.93. The van der Waals surface area contributed by atoms with E-state index in [4.69, 9.17) is 16.9 Å². The first kappa shape index (κ1) is 17.0. The summed E-state index contributed by atoms with van der Waals surface area (Å²) in [5, 5.41) is 12.9. The molecule has 0 aliphatic heterocycles. The van der Waals surface area contributed by atoms with Gasteiger partial charge in [0.05, 0.1) is 11.6 Å². The van der Waals surface area contributed by atoms with Crippen LogP contribution < -0.4 is 5.32 Å². The van der Waals surface area contributed by atoms with Gasteiger partial charge >= 0.3 is 0 Å². The minimum atomic E-state index is 0.615. The summed E-state index contributed by atoms with van der Waals surface area (Å²) in [5.74, 6) is 0.826. The Labute approximate surface area is 128 Å². The second-order valence-corrected chi connectivity index (χ2v) is 6.10. The Balaban J connectivity index is 2.11. The number of unbranched alkanes of at least 4 members (excludes halogenated alkanes) is 3. The van der Waals surface area contributed by atoms with E-state index in [2.05, 4.69) is 25.2 Å². The highest BCUT2D eigenvalue weighted by Gasteiger charge is 2.01. The van der Waals surface area contributed by atoms with Crippen molar-refractivity contribution in [1.29, 1.82) is 5.26 Å². The van der Waals surface area contributed by atoms with E-state index in [1.807, 2.05) is 12.1 Å². The fraction of sp³-hybridized carbons (Fsp3) is 0.588. The Kier molecular flexibility index (Phi) is 8.34. The summed E-state index contributed by atoms with van der Waals surface area (Å²) in [4.78, 5) is 0. The normalized spacial score (nSPS) is 10.8. The van der Waals surface area contributed by atoms with Gasteiger partial charge in [-0.2, -0.15) is 5.26 Å². The highest BCUT2D eigenvalue weighted by molar-refractivity contribution is 6.31. The van der Waals surface area contributed by atoms with Gasteiger partial charge in [-0.25, -0.2) is 0 Å². The monoisotopic (exact) mass is 292 g/mol. The number of hydrogen-bond donors (Lipinski definition) is 1. The molecule has 0 amide bonds. The van der Waals surface area contributed by atoms with Gasteiger partial charge < -0.3 is 5.32 Å². The van der Waals surface area contributed by atoms with Crippen molar-refractivity contribution in [2.24, 2.45) is 5.92 Å². The van der Waals surface area contributed by atoms with Crippen LogP contribution in [0.15, 0.2) is 18.2 Å². The van der Waals surface area contributed by atoms with Crippen LogP contribution in [0, 0.1) is 17.2 Å². The third-order valence-corrected chi connectivity index (χ3v) is 3.73. The lowest BCUT2D eigenvalue weighted by atomic mass is 10.0. The van der Waals surface area contributed by atoms with E-state index in [1.165, 1.54) is 32.1 Å². The first-order valence-electron chi connectivity index (χ1n) is 7.52. The molecule has 3 heteroatoms. The van der Waals surface area contributed by atoms with Crippen molar-refractivity contribution >= 4 is 11.6 Å². The molecule has 0 aliphatic carbocycles. The summed E-state index contributed by atoms with van der Waals surface area (Å²) in [6.07, 6.45) is 6.53. The van der Waals surface area contributed by atoms with Crippen LogP contribution in [0.3, 0.4) is 0 Å². The predicted octanol–water partition coefficient (Wildman–Crippen LogP) is 4.91. The van der Waals surface area contributed by atoms with E-state index in [1.54, 1.807) is 6.07 Å². The third-order valence-electron chi connectivity index (χ3n) is 3.38. The van der Waals surface area contributed by atoms with Gasteiger partial charge in [-0.3, -0.25) is 0 Å². The highest BCUT2D eigenvalue weighted by Crippen LogP contribution is 2.17. The summed E-state index contributed by atoms with van der Waals surface area (Å²) in [5.41, 5.74) is 1.68. The lowest BCUT2D eigenvalue weighted by Crippen LogP contribution is -2.15. The lowest BCUT2D eigenvalue weighted by Gasteiger charge is -2.07. The second-order valence-electron chi connectivity index (χ2n) is 5.69. The number of halogens is 1. The molecule has 0 saturated heterocycles. The molecule has 20 heavy (non-hydrogen) atoms. The zero-order valence-electron chi connectivity index (χ0n) is 12.6. The summed E-state index contributed by atoms with van der Waals surface area (Å²) < 4.78 is 0. The number of rotatable bonds is 9. The van der Waals surface area contributed by atoms with Crippen molar-refractivity contribution in [2.45, 2.75) is 52.5 Å². The van der Waals surface area contributed by atoms with Crippen molar-refractivity contribution < 1.29 is 0 Å². The molecule has 0 atom stereocenters. The minimum absolute atomic E-state index is 0.615. The Morgan fingerprint density at radius 1 is 1.20 bits per heavy atom. The molecule has 1 rings (SSSR count). The first-order valence-corrected chi connectivity index (χ1v) is 7.90. The topological polar surface area (TPSA) is 35.8 Å². The zero-order valence-corrected chi connectivity index (χ0v) is 13.3. The van der Waals surface area contributed by atoms with Crippen LogP contribution in [-0.4, -0.2) is 6.54 Å². The van der Waals surface area contributed by atoms with E-state index in [0.717, 1.165) is 24.6 Å². The standard InChI is InChI=1S/C17H25ClN2/c1-14(2)7-5-3-4-6-10-20-13-16-9-8-15(12-19)11-17(16)18/h8-9,11,14,20H,3-7,10,13H2,1-2H3. The molecule has 0 heterocycles. The maximum absolute atomic E-state index is 8.78. The Bertz CT molecular complexity index is 435. The van der Waals surface area contributed by atoms with Crippen LogP contribution in [0.25, 0.3) is 0 Å². The number of hydrogen-bond acceptors (Lipinski definition) is 2. The molecule has 0 aliphatic rings. The predicted molar refractivity (Wildman–Crippen MR) is 85.8 cm³/mol. The van der Waals surface area contributed by atoms with Crippen LogP contribution in [-0.2, 0) is 6.54 Å². The molecule has 1 N–H and O–H groups in total. The number of benzene rings is 1. The quantitative estimate of drug-likeness (QED) is 0.657. The number of nitriles is 1. The zero-order chi connectivity index (χ0) is 14.8. The molecule has 0 bridgehead atoms. The van der Waals surface area contributed by atoms with E-state index < -0.39 is 0 Å². The van der Waals surface area contributed by atoms with Crippen molar-refractivity contribution in [3.63, 3.8) is 0 Å². The fourth-order valence-corrected chi connectivity index (χ4v) is 2.39. The Morgan fingerprint density at radius 2 is 1.95 bits per heavy atom. The second kappa shape index (κ2) is 9.80. The molecule has 0 unspecified atom stereocenters. The molecule has 0 aromatic heterocycles. The molecule has 0 saturated carbocycles. The number of nitrogens with one attached hydrogen (secondary N) is 1. The molecular weight excluding hydrogens is 268 g/mol. The highest BCUT2D eigenvalue weighted by atomic mass is 35.5. The van der Waals surface area contributed by atoms with Gasteiger partial charge in [-0.15, -0.1) is 0 Å². The fourth-order valence-electron chi connectivity index (χ4n) is 2.14. The van der Waals surface area contributed by atoms with Gasteiger partial charge in [0.25, 0.3) is 0 Å². The van der Waals surface area contributed by atoms with Crippen molar-refractivity contribution in [3.05, 3.63) is 34.3 Å². The van der Waals surface area contributed by atoms with Crippen LogP contribution in [0.1, 0.15) is 57.1 Å². The first-order chi connectivity index (χ1) is 9.63. The van der Waals surface area contributed by atoms with Crippen LogP contribution in [0.5, 0.6) is 0 Å². The van der Waals surface area contributed by atoms with Crippen LogP contribution >= 0.6 is 11.6 Å². The van der Waals surface area contributed by atoms with E-state index in [9.17, 15) is 0 Å². The summed E-state index contributed by atoms with van der Waals surface area (Å²) in [7, 11) is 0. The SMILES string of the molecule is CC(C)CCCCCCNCc1ccc(C#N)cc1Cl. The Hall–Kier alpha value is -1.04. The van der Waals surface area contributed by atoms with Gasteiger partial charge in [0.15, 0.2) is 0 Å². The van der Waals surface area contributed by atoms with E-state index in [0.29, 0.717) is 10.6 Å². The molecular formula is C17H25ClN2. The van der Waals surface area contributed by atoms with E-state index in [-0.39, 0.29) is 0 Å². The van der Waals surface area contributed by atoms with E-state index >= 15 is 0 Å². The molecule has 0 spiro atoms. The average Bonchev–Trinajstić information content (AvgIpc) is 2.42. The summed E-state index contributed by atoms with van der Waals surface area (Å²) in [6, 6.07) is 7.56. The molecule has 0 fully saturated rings. The number of nitrogens with zero attached hydrogens (tertiary/aromatic N) is 1. The molecule has 2 nitrogen and oxygen atoms in total. The van der Waals surface area contributed by atoms with Gasteiger partial charge in [0.1, 0.15) is 0 Å². The molecule has 1 aromatic rings. The van der Waals surface area contributed by atoms with Gasteiger partial charge in [0.2, 0.25) is 0 Å². The maximum Gasteiger partial charge on any atom is 0.0992 e. The lowest BCUT2D eigenvalue weighted by molar-refractivity contribution is 0.512. The van der Waals surface area contributed by atoms with Crippen LogP contribution in [0.4, 0.5) is 0 Å². The largest absolute Gasteiger partial charge is 0.313 e. The Morgan fingerprint density at radius 3 is 2.60 bits per heavy atom. The van der Waals surface area contributed by atoms with Gasteiger partial charge in [-0.1, -0.05) is 57.2 Å².